The van der Waals surface area contributed by atoms with E-state index in [0.29, 0.717) is 23.8 Å². The van der Waals surface area contributed by atoms with Crippen LogP contribution >= 0.6 is 0 Å². The summed E-state index contributed by atoms with van der Waals surface area (Å²) >= 11 is 0. The second kappa shape index (κ2) is 36.0. The van der Waals surface area contributed by atoms with E-state index < -0.39 is 0 Å². The number of unbranched alkanes of at least 4 members (excludes halogenated alkanes) is 1. The Labute approximate surface area is 800 Å². The van der Waals surface area contributed by atoms with Gasteiger partial charge in [-0.15, -0.1) is 0 Å². The van der Waals surface area contributed by atoms with Crippen molar-refractivity contribution in [1.29, 1.82) is 0 Å². The van der Waals surface area contributed by atoms with Crippen molar-refractivity contribution in [3.8, 4) is 28.4 Å². The van der Waals surface area contributed by atoms with Gasteiger partial charge >= 0.3 is 0 Å². The van der Waals surface area contributed by atoms with Crippen LogP contribution in [-0.4, -0.2) is 36.5 Å². The van der Waals surface area contributed by atoms with Gasteiger partial charge in [-0.05, 0) is 212 Å². The summed E-state index contributed by atoms with van der Waals surface area (Å²) in [6, 6.07) is 150. The second-order valence-electron chi connectivity index (χ2n) is 37.8. The van der Waals surface area contributed by atoms with Crippen molar-refractivity contribution < 1.29 is 0 Å². The topological polar surface area (TPSA) is 39.4 Å². The molecular formula is C129H114N8. The van der Waals surface area contributed by atoms with Gasteiger partial charge in [0, 0.05) is 150 Å². The van der Waals surface area contributed by atoms with E-state index in [4.69, 9.17) is 0 Å². The Morgan fingerprint density at radius 2 is 0.474 bits per heavy atom. The van der Waals surface area contributed by atoms with Gasteiger partial charge in [-0.3, -0.25) is 0 Å². The predicted molar refractivity (Wildman–Crippen MR) is 588 cm³/mol. The van der Waals surface area contributed by atoms with Gasteiger partial charge in [0.05, 0.1) is 71.7 Å². The van der Waals surface area contributed by atoms with Crippen LogP contribution < -0.4 is 0 Å². The molecule has 670 valence electrons. The molecule has 4 atom stereocenters. The summed E-state index contributed by atoms with van der Waals surface area (Å²) in [5, 5.41) is 21.1. The molecule has 4 unspecified atom stereocenters. The molecule has 0 bridgehead atoms. The molecule has 0 spiro atoms. The minimum atomic E-state index is 0.428. The Hall–Kier alpha value is -15.6. The lowest BCUT2D eigenvalue weighted by Crippen LogP contribution is -2.03. The van der Waals surface area contributed by atoms with Gasteiger partial charge in [0.25, 0.3) is 0 Å². The highest BCUT2D eigenvalue weighted by atomic mass is 15.1. The fraction of sp³-hybridized carbons (Fsp3) is 0.163. The highest BCUT2D eigenvalue weighted by molar-refractivity contribution is 6.30. The van der Waals surface area contributed by atoms with Crippen molar-refractivity contribution in [3.63, 3.8) is 0 Å². The number of rotatable bonds is 18. The molecule has 0 saturated heterocycles. The third-order valence-corrected chi connectivity index (χ3v) is 30.1. The first kappa shape index (κ1) is 85.5. The van der Waals surface area contributed by atoms with Crippen molar-refractivity contribution in [3.05, 3.63) is 429 Å². The van der Waals surface area contributed by atoms with Crippen molar-refractivity contribution in [1.82, 2.24) is 36.5 Å². The SMILES string of the molecule is CCC(C)c1ccc(-n2c3ccccc3c3ccc4c(c5ccccc5n4-c4ccccc4)c32)cc1.CCC(C)c1ccc(Cn2c3ccccc3c3ccc4c(c5ccccc5n4-c4ccccc4)c32)cc1.CCC(C)n1c2ccccc2c2ccc3c(c4ccccc4n3-c3ccccc3)c21.CCCCn1c2ccccc2c2c1ccc1c3ccccc3n(-c3ccc(C(C)CC)cc3)c12. The molecule has 0 aliphatic heterocycles. The monoisotopic (exact) mass is 1770 g/mol. The third kappa shape index (κ3) is 14.4. The number of para-hydroxylation sites is 11. The molecule has 26 rings (SSSR count). The molecule has 8 heterocycles. The Balaban J connectivity index is 0.000000103. The van der Waals surface area contributed by atoms with Crippen LogP contribution in [0.25, 0.3) is 203 Å². The van der Waals surface area contributed by atoms with E-state index in [1.54, 1.807) is 0 Å². The average molecular weight is 1780 g/mol. The van der Waals surface area contributed by atoms with Gasteiger partial charge in [0.2, 0.25) is 0 Å². The summed E-state index contributed by atoms with van der Waals surface area (Å²) in [7, 11) is 0. The molecule has 26 aromatic rings. The molecule has 18 aromatic carbocycles. The molecule has 0 radical (unpaired) electrons. The maximum absolute atomic E-state index is 2.56. The largest absolute Gasteiger partial charge is 0.340 e. The molecule has 0 amide bonds. The first-order chi connectivity index (χ1) is 67.5. The van der Waals surface area contributed by atoms with Gasteiger partial charge in [0.15, 0.2) is 0 Å². The number of nitrogens with zero attached hydrogens (tertiary/aromatic N) is 8. The van der Waals surface area contributed by atoms with Gasteiger partial charge in [-0.25, -0.2) is 0 Å². The van der Waals surface area contributed by atoms with E-state index in [1.807, 2.05) is 0 Å². The van der Waals surface area contributed by atoms with Crippen LogP contribution in [0.3, 0.4) is 0 Å². The molecule has 0 fully saturated rings. The van der Waals surface area contributed by atoms with Crippen LogP contribution in [0, 0.1) is 0 Å². The minimum Gasteiger partial charge on any atom is -0.340 e. The third-order valence-electron chi connectivity index (χ3n) is 30.1. The summed E-state index contributed by atoms with van der Waals surface area (Å²) in [4.78, 5) is 0. The fourth-order valence-corrected chi connectivity index (χ4v) is 22.4. The fourth-order valence-electron chi connectivity index (χ4n) is 22.4. The number of fused-ring (bicyclic) bond motifs is 28. The summed E-state index contributed by atoms with van der Waals surface area (Å²) in [6.07, 6.45) is 6.95. The number of hydrogen-bond donors (Lipinski definition) is 0. The van der Waals surface area contributed by atoms with Crippen LogP contribution in [0.5, 0.6) is 0 Å². The summed E-state index contributed by atoms with van der Waals surface area (Å²) in [6.45, 7) is 22.5. The van der Waals surface area contributed by atoms with Crippen molar-refractivity contribution in [2.75, 3.05) is 0 Å². The smallest absolute Gasteiger partial charge is 0.0641 e. The van der Waals surface area contributed by atoms with E-state index in [1.165, 1.54) is 238 Å². The Morgan fingerprint density at radius 3 is 0.861 bits per heavy atom. The quantitative estimate of drug-likeness (QED) is 0.0821. The maximum atomic E-state index is 2.56. The lowest BCUT2D eigenvalue weighted by atomic mass is 9.97. The van der Waals surface area contributed by atoms with Crippen LogP contribution in [-0.2, 0) is 13.1 Å². The molecular weight excluding hydrogens is 1660 g/mol. The van der Waals surface area contributed by atoms with E-state index in [9.17, 15) is 0 Å². The normalized spacial score (nSPS) is 12.8. The van der Waals surface area contributed by atoms with Crippen molar-refractivity contribution in [2.24, 2.45) is 0 Å². The molecule has 8 heteroatoms. The van der Waals surface area contributed by atoms with Gasteiger partial charge in [0.1, 0.15) is 0 Å². The summed E-state index contributed by atoms with van der Waals surface area (Å²) < 4.78 is 19.8. The van der Waals surface area contributed by atoms with Crippen molar-refractivity contribution in [2.45, 2.75) is 138 Å². The summed E-state index contributed by atoms with van der Waals surface area (Å²) in [5.41, 5.74) is 32.1. The number of aryl methyl sites for hydroxylation is 1. The van der Waals surface area contributed by atoms with Crippen LogP contribution in [0.1, 0.15) is 147 Å². The molecule has 0 aliphatic carbocycles. The number of aromatic nitrogens is 8. The van der Waals surface area contributed by atoms with Gasteiger partial charge < -0.3 is 36.5 Å². The molecule has 0 aliphatic rings. The lowest BCUT2D eigenvalue weighted by Gasteiger charge is -2.15. The molecule has 0 N–H and O–H groups in total. The molecule has 8 nitrogen and oxygen atoms in total. The van der Waals surface area contributed by atoms with Gasteiger partial charge in [-0.2, -0.15) is 0 Å². The first-order valence-corrected chi connectivity index (χ1v) is 49.7. The van der Waals surface area contributed by atoms with E-state index in [-0.39, 0.29) is 0 Å². The number of hydrogen-bond acceptors (Lipinski definition) is 0. The van der Waals surface area contributed by atoms with Gasteiger partial charge in [-0.1, -0.05) is 335 Å². The standard InChI is InChI=1S/C35H30N2.C34H28N2.C32H32N2.C28H24N2/c1-3-24(2)26-19-17-25(18-20-26)23-36-31-15-9-7-13-28(31)29-21-22-33-34(35(29)36)30-14-8-10-16-32(30)37(33)27-11-5-4-6-12-27;1-3-23(2)24-17-19-26(20-18-24)36-30-15-9-7-13-27(30)28-21-22-32-33(34(28)36)29-14-8-10-16-31(29)35(32)25-11-5-4-6-12-25;1-4-6-21-33-28-13-9-8-12-27(28)31-30(33)20-19-26-25-11-7-10-14-29(25)34(32(26)31)24-17-15-23(16-18-24)22(3)5-2;1-3-19(2)29-24-15-9-7-13-21(24)22-17-18-26-27(28(22)29)23-14-8-10-16-25(23)30(26)20-11-5-4-6-12-20/h4-22,24H,3,23H2,1-2H3;4-23H,3H2,1-2H3;7-20,22H,4-6,21H2,1-3H3;4-19H,3H2,1-2H3. The highest BCUT2D eigenvalue weighted by Crippen LogP contribution is 2.48. The zero-order chi connectivity index (χ0) is 92.6. The highest BCUT2D eigenvalue weighted by Gasteiger charge is 2.28. The predicted octanol–water partition coefficient (Wildman–Crippen LogP) is 35.9. The first-order valence-electron chi connectivity index (χ1n) is 49.7. The minimum absolute atomic E-state index is 0.428. The summed E-state index contributed by atoms with van der Waals surface area (Å²) in [5.74, 6) is 1.73. The zero-order valence-electron chi connectivity index (χ0n) is 79.7. The van der Waals surface area contributed by atoms with Crippen molar-refractivity contribution >= 4 is 174 Å². The van der Waals surface area contributed by atoms with Crippen LogP contribution in [0.4, 0.5) is 0 Å². The number of benzene rings is 18. The zero-order valence-corrected chi connectivity index (χ0v) is 79.7. The Morgan fingerprint density at radius 1 is 0.197 bits per heavy atom. The second-order valence-corrected chi connectivity index (χ2v) is 37.8. The molecule has 137 heavy (non-hydrogen) atoms. The Bertz CT molecular complexity index is 9010. The lowest BCUT2D eigenvalue weighted by molar-refractivity contribution is 0.564. The maximum Gasteiger partial charge on any atom is 0.0641 e. The Kier molecular flexibility index (Phi) is 22.5. The molecule has 8 aromatic heterocycles. The van der Waals surface area contributed by atoms with E-state index in [0.717, 1.165) is 38.8 Å². The van der Waals surface area contributed by atoms with Crippen LogP contribution in [0.15, 0.2) is 406 Å². The average Bonchev–Trinajstić information content (AvgIpc) is 1.56. The molecule has 0 saturated carbocycles. The van der Waals surface area contributed by atoms with Crippen LogP contribution in [0.2, 0.25) is 0 Å². The van der Waals surface area contributed by atoms with E-state index >= 15 is 0 Å². The van der Waals surface area contributed by atoms with E-state index in [2.05, 4.69) is 505 Å².